The molecule has 6 nitrogen and oxygen atoms in total. The molecule has 138 valence electrons. The van der Waals surface area contributed by atoms with Gasteiger partial charge in [0, 0.05) is 38.5 Å². The lowest BCUT2D eigenvalue weighted by molar-refractivity contribution is 0.412. The molecule has 0 saturated heterocycles. The number of furan rings is 1. The van der Waals surface area contributed by atoms with Crippen LogP contribution >= 0.6 is 11.3 Å². The molecule has 0 bridgehead atoms. The van der Waals surface area contributed by atoms with Crippen LogP contribution in [0.5, 0.6) is 0 Å². The number of benzene rings is 1. The number of anilines is 1. The van der Waals surface area contributed by atoms with Gasteiger partial charge in [-0.25, -0.2) is 9.98 Å². The van der Waals surface area contributed by atoms with Crippen molar-refractivity contribution in [3.8, 4) is 0 Å². The molecule has 1 N–H and O–H groups in total. The van der Waals surface area contributed by atoms with Gasteiger partial charge in [-0.15, -0.1) is 11.3 Å². The number of rotatable bonds is 6. The highest BCUT2D eigenvalue weighted by molar-refractivity contribution is 7.13. The van der Waals surface area contributed by atoms with E-state index in [1.165, 1.54) is 0 Å². The Bertz CT molecular complexity index is 850. The lowest BCUT2D eigenvalue weighted by atomic mass is 10.2. The maximum absolute atomic E-state index is 5.92. The maximum Gasteiger partial charge on any atom is 0.194 e. The smallest absolute Gasteiger partial charge is 0.194 e. The van der Waals surface area contributed by atoms with Gasteiger partial charge in [0.05, 0.1) is 18.8 Å². The fraction of sp³-hybridized carbons (Fsp3) is 0.368. The van der Waals surface area contributed by atoms with Crippen molar-refractivity contribution in [1.29, 1.82) is 0 Å². The summed E-state index contributed by atoms with van der Waals surface area (Å²) in [6.45, 7) is 4.08. The van der Waals surface area contributed by atoms with Gasteiger partial charge in [-0.1, -0.05) is 18.2 Å². The van der Waals surface area contributed by atoms with E-state index in [-0.39, 0.29) is 0 Å². The topological polar surface area (TPSA) is 56.9 Å². The monoisotopic (exact) mass is 371 g/mol. The number of hydrogen-bond donors (Lipinski definition) is 1. The van der Waals surface area contributed by atoms with Crippen molar-refractivity contribution in [2.45, 2.75) is 20.0 Å². The van der Waals surface area contributed by atoms with E-state index in [2.05, 4.69) is 39.6 Å². The third-order valence-electron chi connectivity index (χ3n) is 3.88. The number of aromatic nitrogens is 1. The Hall–Kier alpha value is -2.54. The molecular formula is C19H25N5OS. The molecule has 0 atom stereocenters. The van der Waals surface area contributed by atoms with E-state index in [1.54, 1.807) is 11.3 Å². The Morgan fingerprint density at radius 2 is 2.08 bits per heavy atom. The molecule has 0 fully saturated rings. The summed E-state index contributed by atoms with van der Waals surface area (Å²) in [7, 11) is 6.01. The molecule has 26 heavy (non-hydrogen) atoms. The normalized spacial score (nSPS) is 11.8. The van der Waals surface area contributed by atoms with Crippen LogP contribution in [0, 0.1) is 0 Å². The quantitative estimate of drug-likeness (QED) is 0.530. The molecule has 0 aliphatic rings. The molecule has 0 aliphatic carbocycles. The second-order valence-corrected chi connectivity index (χ2v) is 7.13. The number of guanidine groups is 1. The molecule has 2 heterocycles. The van der Waals surface area contributed by atoms with Crippen LogP contribution in [0.4, 0.5) is 5.13 Å². The highest BCUT2D eigenvalue weighted by Crippen LogP contribution is 2.20. The van der Waals surface area contributed by atoms with Gasteiger partial charge in [-0.3, -0.25) is 0 Å². The number of thiazole rings is 1. The van der Waals surface area contributed by atoms with E-state index in [4.69, 9.17) is 9.41 Å². The molecular weight excluding hydrogens is 346 g/mol. The first kappa shape index (κ1) is 18.3. The summed E-state index contributed by atoms with van der Waals surface area (Å²) in [5.74, 6) is 1.76. The van der Waals surface area contributed by atoms with Crippen LogP contribution in [0.25, 0.3) is 11.0 Å². The van der Waals surface area contributed by atoms with Crippen LogP contribution in [-0.2, 0) is 13.1 Å². The molecule has 0 saturated carbocycles. The number of nitrogens with zero attached hydrogens (tertiary/aromatic N) is 4. The lowest BCUT2D eigenvalue weighted by Gasteiger charge is -2.20. The largest absolute Gasteiger partial charge is 0.459 e. The first-order valence-electron chi connectivity index (χ1n) is 8.65. The van der Waals surface area contributed by atoms with E-state index < -0.39 is 0 Å². The van der Waals surface area contributed by atoms with Gasteiger partial charge < -0.3 is 19.5 Å². The first-order valence-corrected chi connectivity index (χ1v) is 9.53. The lowest BCUT2D eigenvalue weighted by Crippen LogP contribution is -2.38. The molecule has 3 aromatic rings. The van der Waals surface area contributed by atoms with Gasteiger partial charge in [-0.2, -0.15) is 0 Å². The highest BCUT2D eigenvalue weighted by Gasteiger charge is 2.11. The van der Waals surface area contributed by atoms with Gasteiger partial charge in [0.2, 0.25) is 0 Å². The number of fused-ring (bicyclic) bond motifs is 1. The molecule has 7 heteroatoms. The van der Waals surface area contributed by atoms with E-state index in [9.17, 15) is 0 Å². The van der Waals surface area contributed by atoms with Gasteiger partial charge in [-0.05, 0) is 19.1 Å². The van der Waals surface area contributed by atoms with Crippen LogP contribution in [0.15, 0.2) is 45.1 Å². The summed E-state index contributed by atoms with van der Waals surface area (Å²) in [6, 6.07) is 10.1. The Morgan fingerprint density at radius 3 is 2.77 bits per heavy atom. The van der Waals surface area contributed by atoms with Crippen molar-refractivity contribution in [2.75, 3.05) is 32.6 Å². The van der Waals surface area contributed by atoms with Gasteiger partial charge >= 0.3 is 0 Å². The molecule has 0 radical (unpaired) electrons. The molecule has 1 aromatic carbocycles. The summed E-state index contributed by atoms with van der Waals surface area (Å²) >= 11 is 1.63. The van der Waals surface area contributed by atoms with Crippen molar-refractivity contribution in [1.82, 2.24) is 15.2 Å². The SMILES string of the molecule is CCNC(=NCc1csc(N(C)C)n1)N(C)Cc1cc2ccccc2o1. The van der Waals surface area contributed by atoms with Crippen molar-refractivity contribution in [3.05, 3.63) is 47.2 Å². The third-order valence-corrected chi connectivity index (χ3v) is 4.94. The third kappa shape index (κ3) is 4.35. The first-order chi connectivity index (χ1) is 12.6. The molecule has 0 unspecified atom stereocenters. The van der Waals surface area contributed by atoms with Gasteiger partial charge in [0.25, 0.3) is 0 Å². The van der Waals surface area contributed by atoms with Crippen LogP contribution in [0.2, 0.25) is 0 Å². The van der Waals surface area contributed by atoms with Crippen LogP contribution in [-0.4, -0.2) is 43.5 Å². The number of aliphatic imine (C=N–C) groups is 1. The van der Waals surface area contributed by atoms with E-state index in [0.717, 1.165) is 40.1 Å². The average molecular weight is 372 g/mol. The van der Waals surface area contributed by atoms with E-state index >= 15 is 0 Å². The van der Waals surface area contributed by atoms with Crippen LogP contribution in [0.1, 0.15) is 18.4 Å². The fourth-order valence-corrected chi connectivity index (χ4v) is 3.37. The standard InChI is InChI=1S/C19H25N5OS/c1-5-20-18(21-11-15-13-26-19(22-15)23(2)3)24(4)12-16-10-14-8-6-7-9-17(14)25-16/h6-10,13H,5,11-12H2,1-4H3,(H,20,21). The Labute approximate surface area is 158 Å². The van der Waals surface area contributed by atoms with Crippen molar-refractivity contribution in [2.24, 2.45) is 4.99 Å². The minimum absolute atomic E-state index is 0.553. The van der Waals surface area contributed by atoms with Gasteiger partial charge in [0.1, 0.15) is 11.3 Å². The summed E-state index contributed by atoms with van der Waals surface area (Å²) in [4.78, 5) is 13.4. The van der Waals surface area contributed by atoms with E-state index in [1.807, 2.05) is 44.2 Å². The number of para-hydroxylation sites is 1. The number of hydrogen-bond acceptors (Lipinski definition) is 5. The molecule has 2 aromatic heterocycles. The second kappa shape index (κ2) is 8.23. The van der Waals surface area contributed by atoms with Crippen molar-refractivity contribution < 1.29 is 4.42 Å². The Kier molecular flexibility index (Phi) is 5.78. The fourth-order valence-electron chi connectivity index (χ4n) is 2.62. The maximum atomic E-state index is 5.92. The molecule has 3 rings (SSSR count). The van der Waals surface area contributed by atoms with Crippen molar-refractivity contribution in [3.63, 3.8) is 0 Å². The van der Waals surface area contributed by atoms with Crippen LogP contribution < -0.4 is 10.2 Å². The summed E-state index contributed by atoms with van der Waals surface area (Å²) < 4.78 is 5.92. The zero-order chi connectivity index (χ0) is 18.5. The van der Waals surface area contributed by atoms with Crippen LogP contribution in [0.3, 0.4) is 0 Å². The predicted octanol–water partition coefficient (Wildman–Crippen LogP) is 3.55. The Morgan fingerprint density at radius 1 is 1.27 bits per heavy atom. The summed E-state index contributed by atoms with van der Waals surface area (Å²) in [5.41, 5.74) is 1.89. The second-order valence-electron chi connectivity index (χ2n) is 6.29. The summed E-state index contributed by atoms with van der Waals surface area (Å²) in [5, 5.41) is 7.51. The minimum Gasteiger partial charge on any atom is -0.459 e. The molecule has 0 aliphatic heterocycles. The molecule has 0 spiro atoms. The van der Waals surface area contributed by atoms with Crippen molar-refractivity contribution >= 4 is 33.4 Å². The summed E-state index contributed by atoms with van der Waals surface area (Å²) in [6.07, 6.45) is 0. The highest BCUT2D eigenvalue weighted by atomic mass is 32.1. The number of nitrogens with one attached hydrogen (secondary N) is 1. The minimum atomic E-state index is 0.553. The molecule has 0 amide bonds. The Balaban J connectivity index is 1.70. The zero-order valence-electron chi connectivity index (χ0n) is 15.7. The average Bonchev–Trinajstić information content (AvgIpc) is 3.24. The van der Waals surface area contributed by atoms with E-state index in [0.29, 0.717) is 13.1 Å². The predicted molar refractivity (Wildman–Crippen MR) is 109 cm³/mol. The zero-order valence-corrected chi connectivity index (χ0v) is 16.5. The van der Waals surface area contributed by atoms with Gasteiger partial charge in [0.15, 0.2) is 11.1 Å².